The molecule has 1 fully saturated rings. The van der Waals surface area contributed by atoms with E-state index in [1.807, 2.05) is 0 Å². The van der Waals surface area contributed by atoms with Crippen LogP contribution in [0.4, 0.5) is 26.3 Å². The normalized spacial score (nSPS) is 23.4. The van der Waals surface area contributed by atoms with E-state index in [0.29, 0.717) is 12.8 Å². The molecule has 0 radical (unpaired) electrons. The monoisotopic (exact) mass is 328 g/mol. The molecule has 10 heteroatoms. The first-order valence-electron chi connectivity index (χ1n) is 6.04. The van der Waals surface area contributed by atoms with Crippen LogP contribution in [-0.2, 0) is 9.09 Å². The summed E-state index contributed by atoms with van der Waals surface area (Å²) in [6.07, 6.45) is -13.0. The maximum Gasteiger partial charge on any atom is 0.415 e. The lowest BCUT2D eigenvalue weighted by Gasteiger charge is -2.32. The van der Waals surface area contributed by atoms with Crippen molar-refractivity contribution in [1.29, 1.82) is 0 Å². The minimum atomic E-state index is -5.38. The number of alkyl halides is 6. The highest BCUT2D eigenvalue weighted by molar-refractivity contribution is 7.52. The summed E-state index contributed by atoms with van der Waals surface area (Å²) in [4.78, 5) is 9.03. The molecule has 1 saturated carbocycles. The summed E-state index contributed by atoms with van der Waals surface area (Å²) < 4.78 is 89.9. The molecule has 120 valence electrons. The van der Waals surface area contributed by atoms with E-state index < -0.39 is 38.1 Å². The van der Waals surface area contributed by atoms with Crippen LogP contribution in [-0.4, -0.2) is 29.5 Å². The van der Waals surface area contributed by atoms with Crippen LogP contribution >= 0.6 is 7.60 Å². The number of halogens is 6. The zero-order chi connectivity index (χ0) is 15.6. The van der Waals surface area contributed by atoms with Crippen molar-refractivity contribution in [3.63, 3.8) is 0 Å². The molecule has 0 aromatic heterocycles. The third kappa shape index (κ3) is 6.01. The summed E-state index contributed by atoms with van der Waals surface area (Å²) in [6.45, 7) is 0. The van der Waals surface area contributed by atoms with Crippen molar-refractivity contribution in [3.05, 3.63) is 0 Å². The van der Waals surface area contributed by atoms with Gasteiger partial charge in [-0.3, -0.25) is 9.09 Å². The van der Waals surface area contributed by atoms with Crippen molar-refractivity contribution in [1.82, 2.24) is 0 Å². The topological polar surface area (TPSA) is 46.5 Å². The van der Waals surface area contributed by atoms with E-state index in [-0.39, 0.29) is 12.8 Å². The van der Waals surface area contributed by atoms with E-state index in [1.54, 1.807) is 0 Å². The van der Waals surface area contributed by atoms with Crippen LogP contribution in [0.2, 0.25) is 0 Å². The first-order valence-corrected chi connectivity index (χ1v) is 7.81. The fourth-order valence-corrected chi connectivity index (χ4v) is 3.47. The molecule has 3 nitrogen and oxygen atoms in total. The summed E-state index contributed by atoms with van der Waals surface area (Å²) >= 11 is 0. The molecule has 0 aliphatic heterocycles. The molecule has 1 aliphatic rings. The quantitative estimate of drug-likeness (QED) is 0.619. The summed E-state index contributed by atoms with van der Waals surface area (Å²) in [7, 11) is -5.38. The van der Waals surface area contributed by atoms with E-state index in [4.69, 9.17) is 4.89 Å². The first kappa shape index (κ1) is 17.8. The zero-order valence-corrected chi connectivity index (χ0v) is 11.3. The first-order chi connectivity index (χ1) is 8.91. The summed E-state index contributed by atoms with van der Waals surface area (Å²) in [5.74, 6) is -1.07. The van der Waals surface area contributed by atoms with E-state index in [1.165, 1.54) is 0 Å². The Balaban J connectivity index is 2.82. The highest BCUT2D eigenvalue weighted by atomic mass is 31.2. The molecule has 0 saturated heterocycles. The van der Waals surface area contributed by atoms with E-state index in [9.17, 15) is 30.9 Å². The smallest absolute Gasteiger partial charge is 0.324 e. The third-order valence-electron chi connectivity index (χ3n) is 3.06. The minimum Gasteiger partial charge on any atom is -0.324 e. The lowest BCUT2D eigenvalue weighted by atomic mass is 9.85. The molecule has 0 bridgehead atoms. The standard InChI is InChI=1S/C10H15F6O3P/c11-9(12,13)6-20(17,18)19-8(10(14,15)16)7-4-2-1-3-5-7/h7-8H,1-6H2,(H,17,18). The lowest BCUT2D eigenvalue weighted by Crippen LogP contribution is -2.39. The molecule has 20 heavy (non-hydrogen) atoms. The van der Waals surface area contributed by atoms with Gasteiger partial charge in [-0.1, -0.05) is 19.3 Å². The molecule has 2 atom stereocenters. The molecule has 0 aromatic rings. The van der Waals surface area contributed by atoms with Gasteiger partial charge in [0.15, 0.2) is 6.10 Å². The van der Waals surface area contributed by atoms with Gasteiger partial charge in [-0.2, -0.15) is 26.3 Å². The molecule has 0 spiro atoms. The molecule has 2 unspecified atom stereocenters. The fraction of sp³-hybridized carbons (Fsp3) is 1.00. The minimum absolute atomic E-state index is 0.121. The predicted octanol–water partition coefficient (Wildman–Crippen LogP) is 4.26. The Hall–Kier alpha value is -0.270. The van der Waals surface area contributed by atoms with Crippen molar-refractivity contribution in [3.8, 4) is 0 Å². The van der Waals surface area contributed by atoms with Crippen LogP contribution in [0.15, 0.2) is 0 Å². The second kappa shape index (κ2) is 6.23. The molecule has 1 rings (SSSR count). The maximum absolute atomic E-state index is 12.8. The molecular weight excluding hydrogens is 313 g/mol. The number of hydrogen-bond acceptors (Lipinski definition) is 2. The highest BCUT2D eigenvalue weighted by Crippen LogP contribution is 2.52. The van der Waals surface area contributed by atoms with Gasteiger partial charge in [0, 0.05) is 0 Å². The van der Waals surface area contributed by atoms with Crippen LogP contribution in [0.1, 0.15) is 32.1 Å². The van der Waals surface area contributed by atoms with Crippen LogP contribution in [0.3, 0.4) is 0 Å². The molecule has 0 aromatic carbocycles. The molecule has 0 amide bonds. The van der Waals surface area contributed by atoms with Gasteiger partial charge >= 0.3 is 19.9 Å². The van der Waals surface area contributed by atoms with Crippen molar-refractivity contribution >= 4 is 7.60 Å². The van der Waals surface area contributed by atoms with E-state index in [2.05, 4.69) is 4.52 Å². The molecule has 1 aliphatic carbocycles. The van der Waals surface area contributed by atoms with Crippen molar-refractivity contribution in [2.24, 2.45) is 5.92 Å². The largest absolute Gasteiger partial charge is 0.415 e. The Labute approximate surface area is 111 Å². The van der Waals surface area contributed by atoms with Crippen molar-refractivity contribution < 1.29 is 40.3 Å². The predicted molar refractivity (Wildman–Crippen MR) is 58.3 cm³/mol. The zero-order valence-electron chi connectivity index (χ0n) is 10.4. The van der Waals surface area contributed by atoms with Crippen LogP contribution in [0.25, 0.3) is 0 Å². The second-order valence-corrected chi connectivity index (χ2v) is 6.68. The van der Waals surface area contributed by atoms with Crippen molar-refractivity contribution in [2.45, 2.75) is 50.6 Å². The summed E-state index contributed by atoms with van der Waals surface area (Å²) in [5.41, 5.74) is 0. The Morgan fingerprint density at radius 2 is 1.60 bits per heavy atom. The van der Waals surface area contributed by atoms with Crippen LogP contribution in [0, 0.1) is 5.92 Å². The number of hydrogen-bond donors (Lipinski definition) is 1. The molecule has 0 heterocycles. The lowest BCUT2D eigenvalue weighted by molar-refractivity contribution is -0.215. The molecular formula is C10H15F6O3P. The van der Waals surface area contributed by atoms with Crippen LogP contribution < -0.4 is 0 Å². The summed E-state index contributed by atoms with van der Waals surface area (Å²) in [6, 6.07) is 0. The van der Waals surface area contributed by atoms with Gasteiger partial charge in [0.05, 0.1) is 0 Å². The highest BCUT2D eigenvalue weighted by Gasteiger charge is 2.51. The Bertz CT molecular complexity index is 361. The fourth-order valence-electron chi connectivity index (χ4n) is 2.29. The summed E-state index contributed by atoms with van der Waals surface area (Å²) in [5, 5.41) is 0. The van der Waals surface area contributed by atoms with Gasteiger partial charge in [-0.05, 0) is 18.8 Å². The molecule has 1 N–H and O–H groups in total. The SMILES string of the molecule is O=P(O)(CC(F)(F)F)OC(C1CCCCC1)C(F)(F)F. The Morgan fingerprint density at radius 1 is 1.10 bits per heavy atom. The van der Waals surface area contributed by atoms with E-state index >= 15 is 0 Å². The average molecular weight is 328 g/mol. The third-order valence-corrected chi connectivity index (χ3v) is 4.37. The average Bonchev–Trinajstić information content (AvgIpc) is 2.22. The Morgan fingerprint density at radius 3 is 2.00 bits per heavy atom. The van der Waals surface area contributed by atoms with Gasteiger partial charge in [-0.25, -0.2) is 0 Å². The van der Waals surface area contributed by atoms with Gasteiger partial charge in [0.1, 0.15) is 6.16 Å². The van der Waals surface area contributed by atoms with Gasteiger partial charge in [0.2, 0.25) is 0 Å². The van der Waals surface area contributed by atoms with Gasteiger partial charge in [0.25, 0.3) is 0 Å². The van der Waals surface area contributed by atoms with E-state index in [0.717, 1.165) is 6.42 Å². The number of rotatable bonds is 4. The Kier molecular flexibility index (Phi) is 5.54. The van der Waals surface area contributed by atoms with Gasteiger partial charge < -0.3 is 4.89 Å². The maximum atomic E-state index is 12.8. The van der Waals surface area contributed by atoms with Gasteiger partial charge in [-0.15, -0.1) is 0 Å². The second-order valence-electron chi connectivity index (χ2n) is 4.88. The van der Waals surface area contributed by atoms with Crippen LogP contribution in [0.5, 0.6) is 0 Å². The van der Waals surface area contributed by atoms with Crippen molar-refractivity contribution in [2.75, 3.05) is 6.16 Å².